The third kappa shape index (κ3) is 44.7. The molecular formula is C52H94O6. The molecule has 0 aliphatic carbocycles. The summed E-state index contributed by atoms with van der Waals surface area (Å²) in [5, 5.41) is 0. The summed E-state index contributed by atoms with van der Waals surface area (Å²) in [6, 6.07) is 0. The molecule has 338 valence electrons. The topological polar surface area (TPSA) is 78.9 Å². The Labute approximate surface area is 359 Å². The van der Waals surface area contributed by atoms with Crippen molar-refractivity contribution in [2.45, 2.75) is 264 Å². The minimum absolute atomic E-state index is 0.0737. The molecule has 0 saturated heterocycles. The number of carbonyl (C=O) groups excluding carboxylic acids is 3. The summed E-state index contributed by atoms with van der Waals surface area (Å²) in [6.45, 7) is 6.52. The number of ether oxygens (including phenoxy) is 3. The summed E-state index contributed by atoms with van der Waals surface area (Å²) in [5.41, 5.74) is 0. The van der Waals surface area contributed by atoms with Gasteiger partial charge in [-0.2, -0.15) is 0 Å². The highest BCUT2D eigenvalue weighted by atomic mass is 16.6. The zero-order valence-corrected chi connectivity index (χ0v) is 38.6. The Bertz CT molecular complexity index is 984. The first kappa shape index (κ1) is 55.6. The highest BCUT2D eigenvalue weighted by Crippen LogP contribution is 2.15. The Morgan fingerprint density at radius 2 is 0.672 bits per heavy atom. The predicted molar refractivity (Wildman–Crippen MR) is 247 cm³/mol. The second-order valence-corrected chi connectivity index (χ2v) is 16.7. The second kappa shape index (κ2) is 47.3. The third-order valence-corrected chi connectivity index (χ3v) is 10.9. The number of esters is 3. The molecule has 0 radical (unpaired) electrons. The van der Waals surface area contributed by atoms with Crippen LogP contribution in [0, 0.1) is 0 Å². The minimum atomic E-state index is -0.772. The Balaban J connectivity index is 4.37. The highest BCUT2D eigenvalue weighted by Gasteiger charge is 2.19. The van der Waals surface area contributed by atoms with Crippen LogP contribution in [-0.4, -0.2) is 37.2 Å². The van der Waals surface area contributed by atoms with E-state index in [0.717, 1.165) is 96.3 Å². The third-order valence-electron chi connectivity index (χ3n) is 10.9. The van der Waals surface area contributed by atoms with Crippen LogP contribution in [0.15, 0.2) is 36.5 Å². The molecule has 6 nitrogen and oxygen atoms in total. The first-order chi connectivity index (χ1) is 28.5. The Morgan fingerprint density at radius 1 is 0.362 bits per heavy atom. The average Bonchev–Trinajstić information content (AvgIpc) is 3.22. The van der Waals surface area contributed by atoms with Crippen LogP contribution in [0.4, 0.5) is 0 Å². The number of hydrogen-bond donors (Lipinski definition) is 0. The molecule has 0 aromatic heterocycles. The van der Waals surface area contributed by atoms with E-state index >= 15 is 0 Å². The van der Waals surface area contributed by atoms with Crippen molar-refractivity contribution in [2.75, 3.05) is 13.2 Å². The van der Waals surface area contributed by atoms with E-state index in [1.807, 2.05) is 0 Å². The summed E-state index contributed by atoms with van der Waals surface area (Å²) in [6.07, 6.45) is 54.1. The average molecular weight is 815 g/mol. The summed E-state index contributed by atoms with van der Waals surface area (Å²) in [4.78, 5) is 37.9. The maximum atomic E-state index is 12.8. The number of unbranched alkanes of at least 4 members (excludes halogenated alkanes) is 28. The molecule has 0 aliphatic heterocycles. The van der Waals surface area contributed by atoms with Gasteiger partial charge in [0.05, 0.1) is 0 Å². The predicted octanol–water partition coefficient (Wildman–Crippen LogP) is 16.1. The molecule has 0 bridgehead atoms. The van der Waals surface area contributed by atoms with E-state index in [1.165, 1.54) is 122 Å². The smallest absolute Gasteiger partial charge is 0.306 e. The summed E-state index contributed by atoms with van der Waals surface area (Å²) in [5.74, 6) is -0.882. The van der Waals surface area contributed by atoms with Crippen molar-refractivity contribution >= 4 is 17.9 Å². The molecule has 0 saturated carbocycles. The molecule has 0 N–H and O–H groups in total. The van der Waals surface area contributed by atoms with Crippen LogP contribution in [0.2, 0.25) is 0 Å². The minimum Gasteiger partial charge on any atom is -0.462 e. The van der Waals surface area contributed by atoms with Gasteiger partial charge in [0.2, 0.25) is 0 Å². The van der Waals surface area contributed by atoms with Crippen molar-refractivity contribution in [1.82, 2.24) is 0 Å². The lowest BCUT2D eigenvalue weighted by molar-refractivity contribution is -0.167. The van der Waals surface area contributed by atoms with E-state index in [0.29, 0.717) is 19.3 Å². The molecule has 6 heteroatoms. The lowest BCUT2D eigenvalue weighted by Gasteiger charge is -2.18. The molecule has 0 aromatic rings. The Morgan fingerprint density at radius 3 is 1.05 bits per heavy atom. The Kier molecular flexibility index (Phi) is 45.4. The fourth-order valence-electron chi connectivity index (χ4n) is 7.16. The van der Waals surface area contributed by atoms with Gasteiger partial charge in [-0.25, -0.2) is 0 Å². The van der Waals surface area contributed by atoms with Gasteiger partial charge in [0.1, 0.15) is 13.2 Å². The number of rotatable bonds is 45. The van der Waals surface area contributed by atoms with Crippen LogP contribution < -0.4 is 0 Å². The fourth-order valence-corrected chi connectivity index (χ4v) is 7.16. The highest BCUT2D eigenvalue weighted by molar-refractivity contribution is 5.71. The van der Waals surface area contributed by atoms with Crippen molar-refractivity contribution in [3.8, 4) is 0 Å². The van der Waals surface area contributed by atoms with Gasteiger partial charge < -0.3 is 14.2 Å². The SMILES string of the molecule is CC/C=C\C/C=C\C/C=C\CCCCCCCC(=O)OC[C@@H](COC(=O)CCCCCCCCCCCCCC)OC(=O)CCCCCCCCCCCCCCC. The quantitative estimate of drug-likeness (QED) is 0.0264. The van der Waals surface area contributed by atoms with Gasteiger partial charge >= 0.3 is 17.9 Å². The molecular weight excluding hydrogens is 721 g/mol. The summed E-state index contributed by atoms with van der Waals surface area (Å²) >= 11 is 0. The first-order valence-electron chi connectivity index (χ1n) is 25.0. The molecule has 0 heterocycles. The normalized spacial score (nSPS) is 12.3. The second-order valence-electron chi connectivity index (χ2n) is 16.7. The molecule has 0 spiro atoms. The van der Waals surface area contributed by atoms with Crippen LogP contribution in [-0.2, 0) is 28.6 Å². The van der Waals surface area contributed by atoms with Crippen LogP contribution >= 0.6 is 0 Å². The molecule has 0 aromatic carbocycles. The first-order valence-corrected chi connectivity index (χ1v) is 25.0. The maximum absolute atomic E-state index is 12.8. The maximum Gasteiger partial charge on any atom is 0.306 e. The van der Waals surface area contributed by atoms with Crippen molar-refractivity contribution in [1.29, 1.82) is 0 Å². The van der Waals surface area contributed by atoms with E-state index in [1.54, 1.807) is 0 Å². The van der Waals surface area contributed by atoms with Crippen molar-refractivity contribution in [3.63, 3.8) is 0 Å². The number of carbonyl (C=O) groups is 3. The monoisotopic (exact) mass is 815 g/mol. The van der Waals surface area contributed by atoms with Gasteiger partial charge in [0.15, 0.2) is 6.10 Å². The van der Waals surface area contributed by atoms with Crippen molar-refractivity contribution < 1.29 is 28.6 Å². The van der Waals surface area contributed by atoms with Gasteiger partial charge in [0, 0.05) is 19.3 Å². The standard InChI is InChI=1S/C52H94O6/c1-4-7-10-13-16-19-22-25-26-28-30-33-36-39-42-45-51(54)57-48-49(47-56-50(53)44-41-38-35-32-29-24-21-18-15-12-9-6-3)58-52(55)46-43-40-37-34-31-27-23-20-17-14-11-8-5-2/h7,10,16,19,25-26,49H,4-6,8-9,11-15,17-18,20-24,27-48H2,1-3H3/b10-7-,19-16-,26-25-/t49-/m1/s1. The van der Waals surface area contributed by atoms with Crippen molar-refractivity contribution in [2.24, 2.45) is 0 Å². The lowest BCUT2D eigenvalue weighted by Crippen LogP contribution is -2.30. The zero-order valence-electron chi connectivity index (χ0n) is 38.6. The largest absolute Gasteiger partial charge is 0.462 e. The summed E-state index contributed by atoms with van der Waals surface area (Å²) < 4.78 is 16.8. The molecule has 0 rings (SSSR count). The molecule has 1 atom stereocenters. The summed E-state index contributed by atoms with van der Waals surface area (Å²) in [7, 11) is 0. The van der Waals surface area contributed by atoms with E-state index in [-0.39, 0.29) is 31.1 Å². The van der Waals surface area contributed by atoms with E-state index in [2.05, 4.69) is 57.2 Å². The zero-order chi connectivity index (χ0) is 42.3. The van der Waals surface area contributed by atoms with Gasteiger partial charge in [-0.05, 0) is 51.4 Å². The van der Waals surface area contributed by atoms with Gasteiger partial charge in [0.25, 0.3) is 0 Å². The fraction of sp³-hybridized carbons (Fsp3) is 0.827. The van der Waals surface area contributed by atoms with Gasteiger partial charge in [-0.1, -0.05) is 224 Å². The van der Waals surface area contributed by atoms with Gasteiger partial charge in [-0.3, -0.25) is 14.4 Å². The van der Waals surface area contributed by atoms with E-state index < -0.39 is 6.10 Å². The van der Waals surface area contributed by atoms with Crippen LogP contribution in [0.25, 0.3) is 0 Å². The van der Waals surface area contributed by atoms with E-state index in [4.69, 9.17) is 14.2 Å². The molecule has 0 unspecified atom stereocenters. The number of allylic oxidation sites excluding steroid dienone is 6. The number of hydrogen-bond acceptors (Lipinski definition) is 6. The van der Waals surface area contributed by atoms with Gasteiger partial charge in [-0.15, -0.1) is 0 Å². The Hall–Kier alpha value is -2.37. The molecule has 0 aliphatic rings. The van der Waals surface area contributed by atoms with Crippen LogP contribution in [0.5, 0.6) is 0 Å². The lowest BCUT2D eigenvalue weighted by atomic mass is 10.0. The molecule has 0 fully saturated rings. The molecule has 58 heavy (non-hydrogen) atoms. The van der Waals surface area contributed by atoms with E-state index in [9.17, 15) is 14.4 Å². The molecule has 0 amide bonds. The van der Waals surface area contributed by atoms with Crippen LogP contribution in [0.3, 0.4) is 0 Å². The van der Waals surface area contributed by atoms with Crippen molar-refractivity contribution in [3.05, 3.63) is 36.5 Å². The van der Waals surface area contributed by atoms with Crippen LogP contribution in [0.1, 0.15) is 258 Å².